The number of anilines is 3. The maximum atomic E-state index is 12.9. The molecule has 0 bridgehead atoms. The molecule has 1 aliphatic rings. The van der Waals surface area contributed by atoms with Crippen LogP contribution >= 0.6 is 0 Å². The summed E-state index contributed by atoms with van der Waals surface area (Å²) in [6.07, 6.45) is 0. The minimum atomic E-state index is -0.277. The van der Waals surface area contributed by atoms with E-state index in [1.807, 2.05) is 20.2 Å². The summed E-state index contributed by atoms with van der Waals surface area (Å²) in [6.45, 7) is 4.17. The normalized spacial score (nSPS) is 14.5. The number of carbonyl (C=O) groups excluding carboxylic acids is 1. The Kier molecular flexibility index (Phi) is 8.74. The molecule has 1 fully saturated rings. The number of hydrogen-bond donors (Lipinski definition) is 2. The van der Waals surface area contributed by atoms with Crippen molar-refractivity contribution in [2.45, 2.75) is 6.04 Å². The Hall–Kier alpha value is -3.91. The SMILES string of the molecule is COc1ccc(NC(=O)NCC(c2ccc(N(C)C)cc2)N2CCN(c3ccccc3)CC2)c(OC)c1. The van der Waals surface area contributed by atoms with Gasteiger partial charge in [0.25, 0.3) is 0 Å². The number of urea groups is 1. The molecule has 1 atom stereocenters. The average molecular weight is 504 g/mol. The van der Waals surface area contributed by atoms with E-state index < -0.39 is 0 Å². The third kappa shape index (κ3) is 6.65. The van der Waals surface area contributed by atoms with Crippen molar-refractivity contribution >= 4 is 23.1 Å². The predicted molar refractivity (Wildman–Crippen MR) is 150 cm³/mol. The van der Waals surface area contributed by atoms with E-state index in [1.165, 1.54) is 11.3 Å². The zero-order valence-electron chi connectivity index (χ0n) is 22.1. The highest BCUT2D eigenvalue weighted by atomic mass is 16.5. The number of para-hydroxylation sites is 1. The quantitative estimate of drug-likeness (QED) is 0.450. The van der Waals surface area contributed by atoms with Gasteiger partial charge in [0.1, 0.15) is 11.5 Å². The summed E-state index contributed by atoms with van der Waals surface area (Å²) in [7, 11) is 7.24. The summed E-state index contributed by atoms with van der Waals surface area (Å²) in [5.74, 6) is 1.21. The first-order valence-electron chi connectivity index (χ1n) is 12.6. The van der Waals surface area contributed by atoms with Crippen LogP contribution in [0.4, 0.5) is 21.9 Å². The molecule has 1 unspecified atom stereocenters. The van der Waals surface area contributed by atoms with Crippen LogP contribution in [0, 0.1) is 0 Å². The molecule has 196 valence electrons. The molecule has 1 heterocycles. The van der Waals surface area contributed by atoms with Gasteiger partial charge in [0.2, 0.25) is 0 Å². The number of nitrogens with one attached hydrogen (secondary N) is 2. The van der Waals surface area contributed by atoms with Gasteiger partial charge in [0, 0.05) is 64.3 Å². The fourth-order valence-corrected chi connectivity index (χ4v) is 4.64. The lowest BCUT2D eigenvalue weighted by atomic mass is 10.0. The van der Waals surface area contributed by atoms with Gasteiger partial charge in [0.15, 0.2) is 0 Å². The highest BCUT2D eigenvalue weighted by Gasteiger charge is 2.26. The molecule has 0 aromatic heterocycles. The first-order chi connectivity index (χ1) is 18.0. The van der Waals surface area contributed by atoms with Crippen LogP contribution < -0.4 is 29.9 Å². The lowest BCUT2D eigenvalue weighted by Crippen LogP contribution is -2.50. The van der Waals surface area contributed by atoms with Crippen molar-refractivity contribution in [3.05, 3.63) is 78.4 Å². The van der Waals surface area contributed by atoms with Crippen molar-refractivity contribution in [1.29, 1.82) is 0 Å². The van der Waals surface area contributed by atoms with Gasteiger partial charge in [-0.1, -0.05) is 30.3 Å². The van der Waals surface area contributed by atoms with Crippen molar-refractivity contribution < 1.29 is 14.3 Å². The molecule has 1 aliphatic heterocycles. The van der Waals surface area contributed by atoms with E-state index in [2.05, 4.69) is 73.9 Å². The Morgan fingerprint density at radius 1 is 0.919 bits per heavy atom. The molecule has 37 heavy (non-hydrogen) atoms. The summed E-state index contributed by atoms with van der Waals surface area (Å²) in [5.41, 5.74) is 4.17. The van der Waals surface area contributed by atoms with Gasteiger partial charge in [-0.15, -0.1) is 0 Å². The summed E-state index contributed by atoms with van der Waals surface area (Å²) < 4.78 is 10.7. The topological polar surface area (TPSA) is 69.3 Å². The largest absolute Gasteiger partial charge is 0.497 e. The van der Waals surface area contributed by atoms with E-state index in [4.69, 9.17) is 9.47 Å². The summed E-state index contributed by atoms with van der Waals surface area (Å²) >= 11 is 0. The van der Waals surface area contributed by atoms with Crippen LogP contribution in [-0.2, 0) is 0 Å². The van der Waals surface area contributed by atoms with Gasteiger partial charge < -0.3 is 29.9 Å². The number of amides is 2. The maximum Gasteiger partial charge on any atom is 0.319 e. The zero-order valence-corrected chi connectivity index (χ0v) is 22.1. The van der Waals surface area contributed by atoms with Gasteiger partial charge in [-0.25, -0.2) is 4.79 Å². The van der Waals surface area contributed by atoms with E-state index in [-0.39, 0.29) is 12.1 Å². The fraction of sp³-hybridized carbons (Fsp3) is 0.345. The van der Waals surface area contributed by atoms with Crippen molar-refractivity contribution in [3.8, 4) is 11.5 Å². The molecule has 1 saturated heterocycles. The van der Waals surface area contributed by atoms with E-state index in [0.717, 1.165) is 31.9 Å². The lowest BCUT2D eigenvalue weighted by Gasteiger charge is -2.40. The van der Waals surface area contributed by atoms with Crippen molar-refractivity contribution in [3.63, 3.8) is 0 Å². The van der Waals surface area contributed by atoms with E-state index in [1.54, 1.807) is 32.4 Å². The second-order valence-corrected chi connectivity index (χ2v) is 9.26. The first-order valence-corrected chi connectivity index (χ1v) is 12.6. The van der Waals surface area contributed by atoms with Gasteiger partial charge >= 0.3 is 6.03 Å². The molecule has 0 spiro atoms. The number of nitrogens with zero attached hydrogens (tertiary/aromatic N) is 3. The second-order valence-electron chi connectivity index (χ2n) is 9.26. The molecule has 2 amide bonds. The average Bonchev–Trinajstić information content (AvgIpc) is 2.94. The summed E-state index contributed by atoms with van der Waals surface area (Å²) in [5, 5.41) is 6.00. The number of carbonyl (C=O) groups is 1. The fourth-order valence-electron chi connectivity index (χ4n) is 4.64. The number of piperazine rings is 1. The molecule has 0 radical (unpaired) electrons. The standard InChI is InChI=1S/C29H37N5O3/c1-32(2)23-12-10-22(11-13-23)27(34-18-16-33(17-19-34)24-8-6-5-7-9-24)21-30-29(35)31-26-15-14-25(36-3)20-28(26)37-4/h5-15,20,27H,16-19,21H2,1-4H3,(H2,30,31,35). The third-order valence-corrected chi connectivity index (χ3v) is 6.78. The first kappa shape index (κ1) is 26.2. The van der Waals surface area contributed by atoms with Gasteiger partial charge in [-0.05, 0) is 42.0 Å². The Morgan fingerprint density at radius 2 is 1.62 bits per heavy atom. The Morgan fingerprint density at radius 3 is 2.24 bits per heavy atom. The minimum Gasteiger partial charge on any atom is -0.497 e. The van der Waals surface area contributed by atoms with Gasteiger partial charge in [0.05, 0.1) is 25.9 Å². The van der Waals surface area contributed by atoms with Crippen LogP contribution in [0.5, 0.6) is 11.5 Å². The van der Waals surface area contributed by atoms with E-state index in [0.29, 0.717) is 23.7 Å². The predicted octanol–water partition coefficient (Wildman–Crippen LogP) is 4.45. The molecule has 4 rings (SSSR count). The van der Waals surface area contributed by atoms with Crippen LogP contribution in [0.15, 0.2) is 72.8 Å². The smallest absolute Gasteiger partial charge is 0.319 e. The zero-order chi connectivity index (χ0) is 26.2. The molecule has 8 nitrogen and oxygen atoms in total. The number of rotatable bonds is 9. The van der Waals surface area contributed by atoms with Crippen molar-refractivity contribution in [2.75, 3.05) is 76.2 Å². The number of benzene rings is 3. The van der Waals surface area contributed by atoms with E-state index in [9.17, 15) is 4.79 Å². The Balaban J connectivity index is 1.45. The molecule has 0 saturated carbocycles. The van der Waals surface area contributed by atoms with Gasteiger partial charge in [-0.2, -0.15) is 0 Å². The number of methoxy groups -OCH3 is 2. The summed E-state index contributed by atoms with van der Waals surface area (Å²) in [4.78, 5) is 19.9. The molecule has 2 N–H and O–H groups in total. The number of ether oxygens (including phenoxy) is 2. The highest BCUT2D eigenvalue weighted by Crippen LogP contribution is 2.29. The lowest BCUT2D eigenvalue weighted by molar-refractivity contribution is 0.182. The van der Waals surface area contributed by atoms with E-state index >= 15 is 0 Å². The molecule has 3 aromatic rings. The van der Waals surface area contributed by atoms with Crippen LogP contribution in [-0.4, -0.2) is 72.0 Å². The van der Waals surface area contributed by atoms with Crippen LogP contribution in [0.3, 0.4) is 0 Å². The molecular weight excluding hydrogens is 466 g/mol. The van der Waals surface area contributed by atoms with Gasteiger partial charge in [-0.3, -0.25) is 4.90 Å². The Labute approximate surface area is 219 Å². The molecule has 8 heteroatoms. The van der Waals surface area contributed by atoms with Crippen LogP contribution in [0.1, 0.15) is 11.6 Å². The second kappa shape index (κ2) is 12.4. The van der Waals surface area contributed by atoms with Crippen LogP contribution in [0.2, 0.25) is 0 Å². The highest BCUT2D eigenvalue weighted by molar-refractivity contribution is 5.91. The molecule has 3 aromatic carbocycles. The maximum absolute atomic E-state index is 12.9. The monoisotopic (exact) mass is 503 g/mol. The number of hydrogen-bond acceptors (Lipinski definition) is 6. The van der Waals surface area contributed by atoms with Crippen molar-refractivity contribution in [1.82, 2.24) is 10.2 Å². The summed E-state index contributed by atoms with van der Waals surface area (Å²) in [6, 6.07) is 24.2. The van der Waals surface area contributed by atoms with Crippen molar-refractivity contribution in [2.24, 2.45) is 0 Å². The van der Waals surface area contributed by atoms with Crippen LogP contribution in [0.25, 0.3) is 0 Å². The minimum absolute atomic E-state index is 0.0534. The molecule has 0 aliphatic carbocycles. The third-order valence-electron chi connectivity index (χ3n) is 6.78. The molecular formula is C29H37N5O3. The Bertz CT molecular complexity index is 1150.